The van der Waals surface area contributed by atoms with Gasteiger partial charge in [-0.2, -0.15) is 0 Å². The van der Waals surface area contributed by atoms with Crippen LogP contribution in [0, 0.1) is 0 Å². The number of allylic oxidation sites excluding steroid dienone is 1. The summed E-state index contributed by atoms with van der Waals surface area (Å²) >= 11 is 0. The SMILES string of the molecule is C/C=C/CC(CO)NC(=O)Nc1ccc2ccccc2c1. The normalized spacial score (nSPS) is 12.5. The Labute approximate surface area is 124 Å². The molecule has 2 aromatic carbocycles. The number of aliphatic hydroxyl groups excluding tert-OH is 1. The molecule has 2 aromatic rings. The zero-order valence-corrected chi connectivity index (χ0v) is 12.0. The highest BCUT2D eigenvalue weighted by molar-refractivity contribution is 5.93. The van der Waals surface area contributed by atoms with E-state index >= 15 is 0 Å². The summed E-state index contributed by atoms with van der Waals surface area (Å²) in [5, 5.41) is 17.0. The average Bonchev–Trinajstić information content (AvgIpc) is 2.51. The monoisotopic (exact) mass is 284 g/mol. The first-order valence-electron chi connectivity index (χ1n) is 7.01. The highest BCUT2D eigenvalue weighted by Gasteiger charge is 2.09. The Morgan fingerprint density at radius 3 is 2.71 bits per heavy atom. The number of carbonyl (C=O) groups excluding carboxylic acids is 1. The molecule has 0 fully saturated rings. The van der Waals surface area contributed by atoms with Crippen molar-refractivity contribution in [3.63, 3.8) is 0 Å². The number of carbonyl (C=O) groups is 1. The second-order valence-electron chi connectivity index (χ2n) is 4.84. The number of nitrogens with one attached hydrogen (secondary N) is 2. The fourth-order valence-corrected chi connectivity index (χ4v) is 2.10. The van der Waals surface area contributed by atoms with Crippen LogP contribution >= 0.6 is 0 Å². The highest BCUT2D eigenvalue weighted by Crippen LogP contribution is 2.18. The largest absolute Gasteiger partial charge is 0.394 e. The van der Waals surface area contributed by atoms with Crippen molar-refractivity contribution in [1.29, 1.82) is 0 Å². The first-order chi connectivity index (χ1) is 10.2. The minimum Gasteiger partial charge on any atom is -0.394 e. The molecule has 0 saturated heterocycles. The molecule has 3 N–H and O–H groups in total. The van der Waals surface area contributed by atoms with Crippen LogP contribution in [0.25, 0.3) is 10.8 Å². The molecule has 110 valence electrons. The number of fused-ring (bicyclic) bond motifs is 1. The summed E-state index contributed by atoms with van der Waals surface area (Å²) in [4.78, 5) is 11.9. The van der Waals surface area contributed by atoms with Crippen LogP contribution in [-0.2, 0) is 0 Å². The minimum absolute atomic E-state index is 0.0878. The van der Waals surface area contributed by atoms with Crippen molar-refractivity contribution < 1.29 is 9.90 Å². The van der Waals surface area contributed by atoms with Gasteiger partial charge in [0.2, 0.25) is 0 Å². The van der Waals surface area contributed by atoms with E-state index in [9.17, 15) is 9.90 Å². The molecule has 0 spiro atoms. The first-order valence-corrected chi connectivity index (χ1v) is 7.01. The molecule has 0 radical (unpaired) electrons. The summed E-state index contributed by atoms with van der Waals surface area (Å²) in [6.45, 7) is 1.82. The van der Waals surface area contributed by atoms with Crippen LogP contribution < -0.4 is 10.6 Å². The van der Waals surface area contributed by atoms with Crippen LogP contribution in [0.5, 0.6) is 0 Å². The van der Waals surface area contributed by atoms with Crippen LogP contribution in [-0.4, -0.2) is 23.8 Å². The third kappa shape index (κ3) is 4.33. The van der Waals surface area contributed by atoms with Gasteiger partial charge in [-0.15, -0.1) is 0 Å². The van der Waals surface area contributed by atoms with Crippen molar-refractivity contribution in [3.05, 3.63) is 54.6 Å². The molecule has 0 saturated carbocycles. The topological polar surface area (TPSA) is 61.4 Å². The van der Waals surface area contributed by atoms with Crippen molar-refractivity contribution in [2.24, 2.45) is 0 Å². The van der Waals surface area contributed by atoms with E-state index in [2.05, 4.69) is 10.6 Å². The lowest BCUT2D eigenvalue weighted by molar-refractivity contribution is 0.225. The van der Waals surface area contributed by atoms with Gasteiger partial charge in [0.25, 0.3) is 0 Å². The van der Waals surface area contributed by atoms with Gasteiger partial charge in [-0.25, -0.2) is 4.79 Å². The van der Waals surface area contributed by atoms with Gasteiger partial charge in [0.1, 0.15) is 0 Å². The molecule has 0 aliphatic heterocycles. The Hall–Kier alpha value is -2.33. The zero-order chi connectivity index (χ0) is 15.1. The van der Waals surface area contributed by atoms with Crippen molar-refractivity contribution in [1.82, 2.24) is 5.32 Å². The van der Waals surface area contributed by atoms with Crippen molar-refractivity contribution in [3.8, 4) is 0 Å². The predicted molar refractivity (Wildman–Crippen MR) is 86.4 cm³/mol. The lowest BCUT2D eigenvalue weighted by atomic mass is 10.1. The summed E-state index contributed by atoms with van der Waals surface area (Å²) < 4.78 is 0. The summed E-state index contributed by atoms with van der Waals surface area (Å²) in [6.07, 6.45) is 4.42. The molecular formula is C17H20N2O2. The Bertz CT molecular complexity index is 637. The molecule has 0 aliphatic rings. The fraction of sp³-hybridized carbons (Fsp3) is 0.235. The maximum Gasteiger partial charge on any atom is 0.319 e. The number of urea groups is 1. The number of amides is 2. The highest BCUT2D eigenvalue weighted by atomic mass is 16.3. The second kappa shape index (κ2) is 7.45. The maximum atomic E-state index is 11.9. The molecular weight excluding hydrogens is 264 g/mol. The van der Waals surface area contributed by atoms with Crippen LogP contribution in [0.3, 0.4) is 0 Å². The fourth-order valence-electron chi connectivity index (χ4n) is 2.10. The minimum atomic E-state index is -0.311. The van der Waals surface area contributed by atoms with Gasteiger partial charge in [-0.05, 0) is 36.2 Å². The van der Waals surface area contributed by atoms with E-state index in [-0.39, 0.29) is 18.7 Å². The molecule has 1 atom stereocenters. The van der Waals surface area contributed by atoms with E-state index in [1.54, 1.807) is 0 Å². The third-order valence-corrected chi connectivity index (χ3v) is 3.22. The van der Waals surface area contributed by atoms with Gasteiger partial charge in [-0.3, -0.25) is 0 Å². The number of benzene rings is 2. The van der Waals surface area contributed by atoms with Crippen LogP contribution in [0.1, 0.15) is 13.3 Å². The van der Waals surface area contributed by atoms with E-state index in [1.165, 1.54) is 0 Å². The molecule has 2 rings (SSSR count). The lowest BCUT2D eigenvalue weighted by Crippen LogP contribution is -2.39. The standard InChI is InChI=1S/C17H20N2O2/c1-2-3-8-16(12-20)19-17(21)18-15-10-9-13-6-4-5-7-14(13)11-15/h2-7,9-11,16,20H,8,12H2,1H3,(H2,18,19,21)/b3-2+. The first kappa shape index (κ1) is 15.1. The molecule has 0 aliphatic carbocycles. The van der Waals surface area contributed by atoms with Gasteiger partial charge < -0.3 is 15.7 Å². The number of hydrogen-bond donors (Lipinski definition) is 3. The van der Waals surface area contributed by atoms with Gasteiger partial charge in [0.15, 0.2) is 0 Å². The summed E-state index contributed by atoms with van der Waals surface area (Å²) in [5.41, 5.74) is 0.730. The number of aliphatic hydroxyl groups is 1. The molecule has 2 amide bonds. The molecule has 1 unspecified atom stereocenters. The van der Waals surface area contributed by atoms with E-state index in [0.29, 0.717) is 6.42 Å². The van der Waals surface area contributed by atoms with Gasteiger partial charge >= 0.3 is 6.03 Å². The van der Waals surface area contributed by atoms with Crippen molar-refractivity contribution >= 4 is 22.5 Å². The Morgan fingerprint density at radius 2 is 2.00 bits per heavy atom. The molecule has 4 nitrogen and oxygen atoms in total. The maximum absolute atomic E-state index is 11.9. The lowest BCUT2D eigenvalue weighted by Gasteiger charge is -2.15. The predicted octanol–water partition coefficient (Wildman–Crippen LogP) is 3.29. The van der Waals surface area contributed by atoms with Crippen molar-refractivity contribution in [2.45, 2.75) is 19.4 Å². The van der Waals surface area contributed by atoms with E-state index in [0.717, 1.165) is 16.5 Å². The van der Waals surface area contributed by atoms with Gasteiger partial charge in [-0.1, -0.05) is 42.5 Å². The zero-order valence-electron chi connectivity index (χ0n) is 12.0. The molecule has 0 bridgehead atoms. The summed E-state index contributed by atoms with van der Waals surface area (Å²) in [5.74, 6) is 0. The molecule has 21 heavy (non-hydrogen) atoms. The number of rotatable bonds is 5. The summed E-state index contributed by atoms with van der Waals surface area (Å²) in [7, 11) is 0. The summed E-state index contributed by atoms with van der Waals surface area (Å²) in [6, 6.07) is 13.1. The van der Waals surface area contributed by atoms with Crippen LogP contribution in [0.4, 0.5) is 10.5 Å². The Morgan fingerprint density at radius 1 is 1.24 bits per heavy atom. The average molecular weight is 284 g/mol. The van der Waals surface area contributed by atoms with Crippen molar-refractivity contribution in [2.75, 3.05) is 11.9 Å². The van der Waals surface area contributed by atoms with Crippen LogP contribution in [0.2, 0.25) is 0 Å². The number of hydrogen-bond acceptors (Lipinski definition) is 2. The smallest absolute Gasteiger partial charge is 0.319 e. The van der Waals surface area contributed by atoms with Crippen LogP contribution in [0.15, 0.2) is 54.6 Å². The van der Waals surface area contributed by atoms with E-state index < -0.39 is 0 Å². The Balaban J connectivity index is 2.00. The van der Waals surface area contributed by atoms with Gasteiger partial charge in [0.05, 0.1) is 12.6 Å². The quantitative estimate of drug-likeness (QED) is 0.738. The Kier molecular flexibility index (Phi) is 5.35. The molecule has 0 aromatic heterocycles. The second-order valence-corrected chi connectivity index (χ2v) is 4.84. The molecule has 4 heteroatoms. The van der Waals surface area contributed by atoms with E-state index in [1.807, 2.05) is 61.5 Å². The molecule has 0 heterocycles. The number of anilines is 1. The van der Waals surface area contributed by atoms with Gasteiger partial charge in [0, 0.05) is 5.69 Å². The third-order valence-electron chi connectivity index (χ3n) is 3.22. The van der Waals surface area contributed by atoms with E-state index in [4.69, 9.17) is 0 Å².